The molecule has 3 aromatic carbocycles. The monoisotopic (exact) mass is 465 g/mol. The van der Waals surface area contributed by atoms with Gasteiger partial charge >= 0.3 is 5.97 Å². The molecule has 0 aliphatic carbocycles. The highest BCUT2D eigenvalue weighted by Crippen LogP contribution is 2.25. The van der Waals surface area contributed by atoms with Crippen LogP contribution in [0.2, 0.25) is 0 Å². The minimum Gasteiger partial charge on any atom is -0.461 e. The largest absolute Gasteiger partial charge is 0.461 e. The highest BCUT2D eigenvalue weighted by Gasteiger charge is 2.12. The summed E-state index contributed by atoms with van der Waals surface area (Å²) in [6.07, 6.45) is -0.315. The topological polar surface area (TPSA) is 151 Å². The van der Waals surface area contributed by atoms with Gasteiger partial charge in [-0.15, -0.1) is 0 Å². The summed E-state index contributed by atoms with van der Waals surface area (Å²) < 4.78 is 10.8. The molecule has 0 aliphatic heterocycles. The molecule has 3 aromatic rings. The van der Waals surface area contributed by atoms with Gasteiger partial charge in [-0.1, -0.05) is 18.2 Å². The van der Waals surface area contributed by atoms with Crippen LogP contribution in [-0.2, 0) is 20.9 Å². The van der Waals surface area contributed by atoms with Gasteiger partial charge in [-0.2, -0.15) is 0 Å². The van der Waals surface area contributed by atoms with Gasteiger partial charge in [0.1, 0.15) is 18.1 Å². The summed E-state index contributed by atoms with van der Waals surface area (Å²) in [7, 11) is 0. The highest BCUT2D eigenvalue weighted by atomic mass is 16.6. The molecule has 174 valence electrons. The number of hydrogen-bond donors (Lipinski definition) is 1. The molecule has 11 nitrogen and oxygen atoms in total. The zero-order valence-corrected chi connectivity index (χ0v) is 17.7. The number of non-ortho nitro benzene ring substituents is 2. The second kappa shape index (κ2) is 11.2. The van der Waals surface area contributed by atoms with Crippen molar-refractivity contribution < 1.29 is 28.9 Å². The van der Waals surface area contributed by atoms with E-state index in [1.54, 1.807) is 24.3 Å². The van der Waals surface area contributed by atoms with E-state index < -0.39 is 21.7 Å². The van der Waals surface area contributed by atoms with Crippen molar-refractivity contribution in [2.75, 3.05) is 5.32 Å². The van der Waals surface area contributed by atoms with Crippen LogP contribution in [0.15, 0.2) is 72.8 Å². The Hall–Kier alpha value is -4.80. The van der Waals surface area contributed by atoms with E-state index in [9.17, 15) is 29.8 Å². The van der Waals surface area contributed by atoms with Gasteiger partial charge in [0, 0.05) is 36.4 Å². The third kappa shape index (κ3) is 7.12. The molecule has 3 rings (SSSR count). The van der Waals surface area contributed by atoms with Gasteiger partial charge in [0.15, 0.2) is 0 Å². The lowest BCUT2D eigenvalue weighted by Gasteiger charge is -2.09. The number of nitrogens with one attached hydrogen (secondary N) is 1. The van der Waals surface area contributed by atoms with Crippen molar-refractivity contribution in [2.24, 2.45) is 0 Å². The standard InChI is InChI=1S/C23H19N3O8/c27-22(24-17-4-2-5-19(14-17)26(31)32)11-12-23(28)33-15-16-3-1-6-21(13-16)34-20-9-7-18(8-10-20)25(29)30/h1-10,13-14H,11-12,15H2,(H,24,27). The van der Waals surface area contributed by atoms with Crippen molar-refractivity contribution in [3.05, 3.63) is 98.6 Å². The molecule has 0 bridgehead atoms. The number of carbonyl (C=O) groups is 2. The molecule has 0 unspecified atom stereocenters. The summed E-state index contributed by atoms with van der Waals surface area (Å²) in [5.41, 5.74) is 0.704. The van der Waals surface area contributed by atoms with E-state index in [2.05, 4.69) is 5.32 Å². The summed E-state index contributed by atoms with van der Waals surface area (Å²) in [5, 5.41) is 24.0. The third-order valence-corrected chi connectivity index (χ3v) is 4.48. The average Bonchev–Trinajstić information content (AvgIpc) is 2.82. The Morgan fingerprint density at radius 1 is 0.794 bits per heavy atom. The summed E-state index contributed by atoms with van der Waals surface area (Å²) in [6, 6.07) is 17.9. The van der Waals surface area contributed by atoms with Crippen LogP contribution in [0, 0.1) is 20.2 Å². The van der Waals surface area contributed by atoms with Gasteiger partial charge in [0.25, 0.3) is 11.4 Å². The van der Waals surface area contributed by atoms with Crippen molar-refractivity contribution in [3.8, 4) is 11.5 Å². The van der Waals surface area contributed by atoms with Crippen LogP contribution in [-0.4, -0.2) is 21.7 Å². The molecule has 0 aliphatic rings. The number of hydrogen-bond acceptors (Lipinski definition) is 8. The van der Waals surface area contributed by atoms with Crippen LogP contribution < -0.4 is 10.1 Å². The van der Waals surface area contributed by atoms with Crippen molar-refractivity contribution in [2.45, 2.75) is 19.4 Å². The lowest BCUT2D eigenvalue weighted by atomic mass is 10.2. The van der Waals surface area contributed by atoms with E-state index in [0.717, 1.165) is 0 Å². The first-order chi connectivity index (χ1) is 16.3. The Morgan fingerprint density at radius 2 is 1.50 bits per heavy atom. The van der Waals surface area contributed by atoms with Gasteiger partial charge in [-0.25, -0.2) is 0 Å². The zero-order valence-electron chi connectivity index (χ0n) is 17.7. The first kappa shape index (κ1) is 23.9. The van der Waals surface area contributed by atoms with Gasteiger partial charge in [-0.3, -0.25) is 29.8 Å². The van der Waals surface area contributed by atoms with Crippen LogP contribution in [0.3, 0.4) is 0 Å². The number of anilines is 1. The third-order valence-electron chi connectivity index (χ3n) is 4.48. The van der Waals surface area contributed by atoms with Crippen LogP contribution in [0.1, 0.15) is 18.4 Å². The molecular weight excluding hydrogens is 446 g/mol. The summed E-state index contributed by atoms with van der Waals surface area (Å²) in [4.78, 5) is 44.4. The lowest BCUT2D eigenvalue weighted by Crippen LogP contribution is -2.14. The van der Waals surface area contributed by atoms with E-state index in [4.69, 9.17) is 9.47 Å². The minimum atomic E-state index is -0.587. The molecular formula is C23H19N3O8. The molecule has 34 heavy (non-hydrogen) atoms. The number of ether oxygens (including phenoxy) is 2. The molecule has 0 saturated carbocycles. The average molecular weight is 465 g/mol. The molecule has 0 fully saturated rings. The Labute approximate surface area is 193 Å². The van der Waals surface area contributed by atoms with Crippen LogP contribution in [0.4, 0.5) is 17.1 Å². The molecule has 11 heteroatoms. The predicted octanol–water partition coefficient (Wildman–Crippen LogP) is 4.76. The fraction of sp³-hybridized carbons (Fsp3) is 0.130. The Morgan fingerprint density at radius 3 is 2.21 bits per heavy atom. The normalized spacial score (nSPS) is 10.2. The van der Waals surface area contributed by atoms with Crippen molar-refractivity contribution in [1.29, 1.82) is 0 Å². The number of benzene rings is 3. The summed E-state index contributed by atoms with van der Waals surface area (Å²) >= 11 is 0. The highest BCUT2D eigenvalue weighted by molar-refractivity contribution is 5.92. The quantitative estimate of drug-likeness (QED) is 0.256. The molecule has 0 spiro atoms. The van der Waals surface area contributed by atoms with Gasteiger partial charge < -0.3 is 14.8 Å². The number of carbonyl (C=O) groups excluding carboxylic acids is 2. The maximum Gasteiger partial charge on any atom is 0.306 e. The summed E-state index contributed by atoms with van der Waals surface area (Å²) in [5.74, 6) is -0.194. The first-order valence-corrected chi connectivity index (χ1v) is 10.0. The molecule has 0 radical (unpaired) electrons. The van der Waals surface area contributed by atoms with E-state index in [0.29, 0.717) is 17.1 Å². The van der Waals surface area contributed by atoms with Gasteiger partial charge in [-0.05, 0) is 35.9 Å². The van der Waals surface area contributed by atoms with Crippen LogP contribution in [0.25, 0.3) is 0 Å². The summed E-state index contributed by atoms with van der Waals surface area (Å²) in [6.45, 7) is -0.0389. The van der Waals surface area contributed by atoms with E-state index >= 15 is 0 Å². The Bertz CT molecular complexity index is 1210. The van der Waals surface area contributed by atoms with Gasteiger partial charge in [0.2, 0.25) is 5.91 Å². The number of esters is 1. The Balaban J connectivity index is 1.45. The van der Waals surface area contributed by atoms with E-state index in [-0.39, 0.29) is 36.5 Å². The van der Waals surface area contributed by atoms with Crippen molar-refractivity contribution in [3.63, 3.8) is 0 Å². The molecule has 0 atom stereocenters. The van der Waals surface area contributed by atoms with E-state index in [1.165, 1.54) is 48.5 Å². The van der Waals surface area contributed by atoms with Crippen LogP contribution >= 0.6 is 0 Å². The first-order valence-electron chi connectivity index (χ1n) is 10.0. The van der Waals surface area contributed by atoms with Crippen LogP contribution in [0.5, 0.6) is 11.5 Å². The van der Waals surface area contributed by atoms with Crippen molar-refractivity contribution in [1.82, 2.24) is 0 Å². The number of rotatable bonds is 10. The molecule has 1 amide bonds. The number of nitro benzene ring substituents is 2. The molecule has 0 heterocycles. The van der Waals surface area contributed by atoms with Gasteiger partial charge in [0.05, 0.1) is 16.3 Å². The maximum atomic E-state index is 12.0. The lowest BCUT2D eigenvalue weighted by molar-refractivity contribution is -0.385. The SMILES string of the molecule is O=C(CCC(=O)OCc1cccc(Oc2ccc([N+](=O)[O-])cc2)c1)Nc1cccc([N+](=O)[O-])c1. The Kier molecular flexibility index (Phi) is 7.84. The number of amides is 1. The van der Waals surface area contributed by atoms with Crippen molar-refractivity contribution >= 4 is 28.9 Å². The smallest absolute Gasteiger partial charge is 0.306 e. The molecule has 1 N–H and O–H groups in total. The minimum absolute atomic E-state index is 0.0389. The predicted molar refractivity (Wildman–Crippen MR) is 120 cm³/mol. The fourth-order valence-electron chi connectivity index (χ4n) is 2.84. The second-order valence-electron chi connectivity index (χ2n) is 7.02. The molecule has 0 saturated heterocycles. The second-order valence-corrected chi connectivity index (χ2v) is 7.02. The number of nitrogens with zero attached hydrogens (tertiary/aromatic N) is 2. The fourth-order valence-corrected chi connectivity index (χ4v) is 2.84. The number of nitro groups is 2. The molecule has 0 aromatic heterocycles. The zero-order chi connectivity index (χ0) is 24.5. The maximum absolute atomic E-state index is 12.0. The van der Waals surface area contributed by atoms with E-state index in [1.807, 2.05) is 0 Å².